The van der Waals surface area contributed by atoms with Crippen molar-refractivity contribution in [3.8, 4) is 0 Å². The Labute approximate surface area is 56.8 Å². The lowest BCUT2D eigenvalue weighted by molar-refractivity contribution is 0.136. The van der Waals surface area contributed by atoms with Crippen LogP contribution in [0.1, 0.15) is 12.8 Å². The van der Waals surface area contributed by atoms with Crippen molar-refractivity contribution in [3.63, 3.8) is 0 Å². The molecule has 0 amide bonds. The van der Waals surface area contributed by atoms with Crippen LogP contribution in [0.25, 0.3) is 0 Å². The van der Waals surface area contributed by atoms with Crippen molar-refractivity contribution >= 4 is 0 Å². The number of likely N-dealkylation sites (tertiary alicyclic amines) is 1. The molecule has 53 valence electrons. The van der Waals surface area contributed by atoms with E-state index in [9.17, 15) is 0 Å². The average molecular weight is 128 g/mol. The predicted molar refractivity (Wildman–Crippen MR) is 37.0 cm³/mol. The van der Waals surface area contributed by atoms with E-state index in [4.69, 9.17) is 4.74 Å². The van der Waals surface area contributed by atoms with E-state index >= 15 is 0 Å². The first-order chi connectivity index (χ1) is 4.34. The Morgan fingerprint density at radius 3 is 3.00 bits per heavy atom. The third kappa shape index (κ3) is 1.66. The van der Waals surface area contributed by atoms with Gasteiger partial charge in [-0.2, -0.15) is 0 Å². The van der Waals surface area contributed by atoms with Crippen molar-refractivity contribution in [1.82, 2.24) is 4.90 Å². The topological polar surface area (TPSA) is 12.5 Å². The molecular weight excluding hydrogens is 114 g/mol. The highest BCUT2D eigenvalue weighted by atomic mass is 16.5. The van der Waals surface area contributed by atoms with Gasteiger partial charge in [-0.15, -0.1) is 0 Å². The Hall–Kier alpha value is -0.0800. The van der Waals surface area contributed by atoms with Gasteiger partial charge in [0.2, 0.25) is 0 Å². The first kappa shape index (κ1) is 7.03. The van der Waals surface area contributed by atoms with Gasteiger partial charge in [-0.1, -0.05) is 0 Å². The molecule has 0 saturated carbocycles. The lowest BCUT2D eigenvalue weighted by atomic mass is 10.2. The maximum absolute atomic E-state index is 5.01. The van der Waals surface area contributed by atoms with Crippen molar-refractivity contribution in [2.24, 2.45) is 0 Å². The minimum absolute atomic E-state index is 0.579. The number of rotatable bonds is 2. The van der Waals surface area contributed by atoms with Gasteiger partial charge in [0.1, 0.15) is 0 Å². The summed E-state index contributed by atoms with van der Waals surface area (Å²) in [6.07, 6.45) is 2.52. The fraction of sp³-hybridized carbons (Fsp3) is 0.857. The summed E-state index contributed by atoms with van der Waals surface area (Å²) in [6.45, 7) is 1.97. The van der Waals surface area contributed by atoms with Crippen LogP contribution in [-0.4, -0.2) is 31.2 Å². The number of hydrogen-bond donors (Lipinski definition) is 0. The SMILES string of the molecule is [CH2]N1CCC[C@H]1COC. The highest BCUT2D eigenvalue weighted by molar-refractivity contribution is 4.77. The zero-order chi connectivity index (χ0) is 6.69. The van der Waals surface area contributed by atoms with Crippen LogP contribution in [-0.2, 0) is 4.74 Å². The van der Waals surface area contributed by atoms with Crippen molar-refractivity contribution in [2.75, 3.05) is 20.3 Å². The van der Waals surface area contributed by atoms with Gasteiger partial charge in [0, 0.05) is 20.2 Å². The van der Waals surface area contributed by atoms with E-state index in [2.05, 4.69) is 11.9 Å². The summed E-state index contributed by atoms with van der Waals surface area (Å²) >= 11 is 0. The molecule has 1 heterocycles. The first-order valence-corrected chi connectivity index (χ1v) is 3.40. The second-order valence-electron chi connectivity index (χ2n) is 2.56. The van der Waals surface area contributed by atoms with E-state index < -0.39 is 0 Å². The van der Waals surface area contributed by atoms with E-state index in [0.717, 1.165) is 13.2 Å². The summed E-state index contributed by atoms with van der Waals surface area (Å²) < 4.78 is 5.01. The number of hydrogen-bond acceptors (Lipinski definition) is 2. The maximum Gasteiger partial charge on any atom is 0.0618 e. The molecule has 1 aliphatic rings. The molecule has 1 aliphatic heterocycles. The molecule has 0 aromatic carbocycles. The molecule has 2 nitrogen and oxygen atoms in total. The fourth-order valence-corrected chi connectivity index (χ4v) is 1.28. The Morgan fingerprint density at radius 1 is 1.78 bits per heavy atom. The summed E-state index contributed by atoms with van der Waals surface area (Å²) in [6, 6.07) is 0.579. The summed E-state index contributed by atoms with van der Waals surface area (Å²) in [7, 11) is 5.63. The molecule has 9 heavy (non-hydrogen) atoms. The largest absolute Gasteiger partial charge is 0.383 e. The van der Waals surface area contributed by atoms with Crippen molar-refractivity contribution < 1.29 is 4.74 Å². The highest BCUT2D eigenvalue weighted by Crippen LogP contribution is 2.14. The molecule has 1 fully saturated rings. The van der Waals surface area contributed by atoms with Gasteiger partial charge >= 0.3 is 0 Å². The fourth-order valence-electron chi connectivity index (χ4n) is 1.28. The summed E-state index contributed by atoms with van der Waals surface area (Å²) in [5.74, 6) is 0. The lowest BCUT2D eigenvalue weighted by Crippen LogP contribution is -2.26. The summed E-state index contributed by atoms with van der Waals surface area (Å²) in [5.41, 5.74) is 0. The second-order valence-corrected chi connectivity index (χ2v) is 2.56. The minimum Gasteiger partial charge on any atom is -0.383 e. The quantitative estimate of drug-likeness (QED) is 0.547. The minimum atomic E-state index is 0.579. The van der Waals surface area contributed by atoms with Gasteiger partial charge < -0.3 is 4.74 Å². The van der Waals surface area contributed by atoms with E-state index in [0.29, 0.717) is 6.04 Å². The van der Waals surface area contributed by atoms with Gasteiger partial charge in [-0.25, -0.2) is 0 Å². The van der Waals surface area contributed by atoms with Crippen LogP contribution in [0.3, 0.4) is 0 Å². The van der Waals surface area contributed by atoms with Crippen LogP contribution in [0.2, 0.25) is 0 Å². The Balaban J connectivity index is 2.22. The van der Waals surface area contributed by atoms with Gasteiger partial charge in [0.25, 0.3) is 0 Å². The lowest BCUT2D eigenvalue weighted by Gasteiger charge is -2.17. The average Bonchev–Trinajstić information content (AvgIpc) is 2.18. The Kier molecular flexibility index (Phi) is 2.49. The van der Waals surface area contributed by atoms with Gasteiger partial charge in [-0.05, 0) is 19.4 Å². The molecule has 0 aromatic heterocycles. The van der Waals surface area contributed by atoms with Crippen molar-refractivity contribution in [1.29, 1.82) is 0 Å². The van der Waals surface area contributed by atoms with E-state index in [1.165, 1.54) is 12.8 Å². The highest BCUT2D eigenvalue weighted by Gasteiger charge is 2.19. The Bertz CT molecular complexity index is 85.0. The van der Waals surface area contributed by atoms with Crippen molar-refractivity contribution in [2.45, 2.75) is 18.9 Å². The second kappa shape index (κ2) is 3.18. The van der Waals surface area contributed by atoms with Crippen LogP contribution in [0.5, 0.6) is 0 Å². The third-order valence-electron chi connectivity index (χ3n) is 1.86. The zero-order valence-electron chi connectivity index (χ0n) is 5.97. The third-order valence-corrected chi connectivity index (χ3v) is 1.86. The van der Waals surface area contributed by atoms with Crippen LogP contribution in [0, 0.1) is 7.05 Å². The molecule has 0 aromatic rings. The summed E-state index contributed by atoms with van der Waals surface area (Å²) in [5, 5.41) is 0. The predicted octanol–water partition coefficient (Wildman–Crippen LogP) is 0.889. The molecule has 1 saturated heterocycles. The van der Waals surface area contributed by atoms with Gasteiger partial charge in [-0.3, -0.25) is 4.90 Å². The number of methoxy groups -OCH3 is 1. The van der Waals surface area contributed by atoms with Crippen LogP contribution >= 0.6 is 0 Å². The van der Waals surface area contributed by atoms with E-state index in [1.807, 2.05) is 0 Å². The molecule has 2 heteroatoms. The Morgan fingerprint density at radius 2 is 2.56 bits per heavy atom. The van der Waals surface area contributed by atoms with Crippen LogP contribution < -0.4 is 0 Å². The summed E-state index contributed by atoms with van der Waals surface area (Å²) in [4.78, 5) is 2.11. The normalized spacial score (nSPS) is 29.3. The van der Waals surface area contributed by atoms with Crippen LogP contribution in [0.4, 0.5) is 0 Å². The smallest absolute Gasteiger partial charge is 0.0618 e. The zero-order valence-corrected chi connectivity index (χ0v) is 5.97. The van der Waals surface area contributed by atoms with Gasteiger partial charge in [0.15, 0.2) is 0 Å². The molecule has 1 atom stereocenters. The standard InChI is InChI=1S/C7H14NO/c1-8-5-3-4-7(8)6-9-2/h7H,1,3-6H2,2H3/t7-/m0/s1. The number of nitrogens with zero attached hydrogens (tertiary/aromatic N) is 1. The maximum atomic E-state index is 5.01. The van der Waals surface area contributed by atoms with E-state index in [-0.39, 0.29) is 0 Å². The molecule has 0 unspecified atom stereocenters. The molecule has 1 rings (SSSR count). The van der Waals surface area contributed by atoms with Crippen molar-refractivity contribution in [3.05, 3.63) is 7.05 Å². The van der Waals surface area contributed by atoms with E-state index in [1.54, 1.807) is 7.11 Å². The molecule has 0 bridgehead atoms. The van der Waals surface area contributed by atoms with Crippen LogP contribution in [0.15, 0.2) is 0 Å². The molecule has 0 N–H and O–H groups in total. The van der Waals surface area contributed by atoms with Gasteiger partial charge in [0.05, 0.1) is 6.61 Å². The molecular formula is C7H14NO. The molecule has 0 spiro atoms. The first-order valence-electron chi connectivity index (χ1n) is 3.40. The molecule has 0 aliphatic carbocycles. The number of ether oxygens (including phenoxy) is 1. The monoisotopic (exact) mass is 128 g/mol. The molecule has 1 radical (unpaired) electrons.